The van der Waals surface area contributed by atoms with Crippen LogP contribution in [0.3, 0.4) is 0 Å². The van der Waals surface area contributed by atoms with Gasteiger partial charge in [0.1, 0.15) is 0 Å². The molecule has 0 unspecified atom stereocenters. The first-order valence-electron chi connectivity index (χ1n) is 5.48. The Morgan fingerprint density at radius 1 is 1.65 bits per heavy atom. The number of ether oxygens (including phenoxy) is 1. The van der Waals surface area contributed by atoms with Gasteiger partial charge in [-0.2, -0.15) is 0 Å². The smallest absolute Gasteiger partial charge is 0.261 e. The molecule has 1 heterocycles. The monoisotopic (exact) mass is 254 g/mol. The maximum atomic E-state index is 11.7. The second kappa shape index (κ2) is 7.09. The van der Waals surface area contributed by atoms with Gasteiger partial charge in [0.25, 0.3) is 5.91 Å². The van der Waals surface area contributed by atoms with Gasteiger partial charge in [-0.1, -0.05) is 6.08 Å². The predicted octanol–water partition coefficient (Wildman–Crippen LogP) is 1.96. The summed E-state index contributed by atoms with van der Waals surface area (Å²) in [6.45, 7) is 7.16. The molecule has 0 fully saturated rings. The normalized spacial score (nSPS) is 10.2. The Bertz CT molecular complexity index is 368. The third kappa shape index (κ3) is 4.58. The van der Waals surface area contributed by atoms with Crippen molar-refractivity contribution >= 4 is 22.9 Å². The van der Waals surface area contributed by atoms with E-state index in [1.54, 1.807) is 12.1 Å². The van der Waals surface area contributed by atoms with Gasteiger partial charge >= 0.3 is 0 Å². The lowest BCUT2D eigenvalue weighted by Gasteiger charge is -2.04. The van der Waals surface area contributed by atoms with Crippen LogP contribution in [0, 0.1) is 6.92 Å². The number of hydrogen-bond donors (Lipinski definition) is 2. The van der Waals surface area contributed by atoms with Gasteiger partial charge in [0, 0.05) is 17.1 Å². The van der Waals surface area contributed by atoms with E-state index in [0.29, 0.717) is 30.3 Å². The largest absolute Gasteiger partial charge is 0.398 e. The van der Waals surface area contributed by atoms with Crippen molar-refractivity contribution < 1.29 is 9.53 Å². The van der Waals surface area contributed by atoms with E-state index in [9.17, 15) is 4.79 Å². The van der Waals surface area contributed by atoms with Gasteiger partial charge in [0.15, 0.2) is 0 Å². The molecular weight excluding hydrogens is 236 g/mol. The lowest BCUT2D eigenvalue weighted by atomic mass is 10.3. The van der Waals surface area contributed by atoms with Crippen molar-refractivity contribution in [2.24, 2.45) is 0 Å². The van der Waals surface area contributed by atoms with Crippen molar-refractivity contribution in [2.45, 2.75) is 13.3 Å². The van der Waals surface area contributed by atoms with Crippen LogP contribution in [0.15, 0.2) is 18.7 Å². The van der Waals surface area contributed by atoms with Gasteiger partial charge in [0.05, 0.1) is 18.1 Å². The van der Waals surface area contributed by atoms with Crippen LogP contribution in [0.2, 0.25) is 0 Å². The minimum Gasteiger partial charge on any atom is -0.398 e. The summed E-state index contributed by atoms with van der Waals surface area (Å²) in [4.78, 5) is 13.3. The maximum Gasteiger partial charge on any atom is 0.261 e. The van der Waals surface area contributed by atoms with Crippen LogP contribution in [0.25, 0.3) is 0 Å². The molecule has 1 rings (SSSR count). The van der Waals surface area contributed by atoms with Crippen LogP contribution in [0.1, 0.15) is 21.0 Å². The Balaban J connectivity index is 2.23. The number of carbonyl (C=O) groups excluding carboxylic acids is 1. The summed E-state index contributed by atoms with van der Waals surface area (Å²) in [6, 6.07) is 1.70. The zero-order valence-electron chi connectivity index (χ0n) is 9.99. The molecule has 1 amide bonds. The van der Waals surface area contributed by atoms with Crippen molar-refractivity contribution in [1.82, 2.24) is 5.32 Å². The molecular formula is C12H18N2O2S. The van der Waals surface area contributed by atoms with Crippen molar-refractivity contribution in [1.29, 1.82) is 0 Å². The molecule has 0 saturated heterocycles. The minimum atomic E-state index is -0.0953. The number of aryl methyl sites for hydroxylation is 1. The molecule has 0 atom stereocenters. The number of thiophene rings is 1. The van der Waals surface area contributed by atoms with Crippen LogP contribution in [0.5, 0.6) is 0 Å². The summed E-state index contributed by atoms with van der Waals surface area (Å²) in [5.41, 5.74) is 6.35. The summed E-state index contributed by atoms with van der Waals surface area (Å²) in [5, 5.41) is 2.78. The van der Waals surface area contributed by atoms with Gasteiger partial charge in [-0.05, 0) is 19.4 Å². The van der Waals surface area contributed by atoms with Crippen LogP contribution >= 0.6 is 11.3 Å². The topological polar surface area (TPSA) is 64.3 Å². The van der Waals surface area contributed by atoms with E-state index in [1.165, 1.54) is 11.3 Å². The number of anilines is 1. The van der Waals surface area contributed by atoms with E-state index >= 15 is 0 Å². The van der Waals surface area contributed by atoms with Crippen LogP contribution < -0.4 is 11.1 Å². The minimum absolute atomic E-state index is 0.0953. The molecule has 0 aliphatic carbocycles. The quantitative estimate of drug-likeness (QED) is 0.577. The molecule has 0 aromatic carbocycles. The van der Waals surface area contributed by atoms with Crippen molar-refractivity contribution in [3.63, 3.8) is 0 Å². The second-order valence-corrected chi connectivity index (χ2v) is 4.82. The maximum absolute atomic E-state index is 11.7. The van der Waals surface area contributed by atoms with Crippen molar-refractivity contribution in [2.75, 3.05) is 25.5 Å². The van der Waals surface area contributed by atoms with Gasteiger partial charge in [-0.3, -0.25) is 4.79 Å². The van der Waals surface area contributed by atoms with Crippen molar-refractivity contribution in [3.8, 4) is 0 Å². The molecule has 94 valence electrons. The fourth-order valence-corrected chi connectivity index (χ4v) is 2.06. The average Bonchev–Trinajstić information content (AvgIpc) is 2.64. The Hall–Kier alpha value is -1.33. The summed E-state index contributed by atoms with van der Waals surface area (Å²) in [7, 11) is 0. The zero-order chi connectivity index (χ0) is 12.7. The van der Waals surface area contributed by atoms with E-state index in [0.717, 1.165) is 11.3 Å². The molecule has 4 nitrogen and oxygen atoms in total. The highest BCUT2D eigenvalue weighted by Crippen LogP contribution is 2.22. The highest BCUT2D eigenvalue weighted by Gasteiger charge is 2.09. The van der Waals surface area contributed by atoms with E-state index in [4.69, 9.17) is 10.5 Å². The number of amides is 1. The van der Waals surface area contributed by atoms with E-state index in [-0.39, 0.29) is 5.91 Å². The average molecular weight is 254 g/mol. The molecule has 0 aliphatic heterocycles. The fraction of sp³-hybridized carbons (Fsp3) is 0.417. The first-order valence-corrected chi connectivity index (χ1v) is 6.29. The first-order chi connectivity index (χ1) is 8.15. The molecule has 5 heteroatoms. The molecule has 0 bridgehead atoms. The Morgan fingerprint density at radius 2 is 2.41 bits per heavy atom. The summed E-state index contributed by atoms with van der Waals surface area (Å²) in [6.07, 6.45) is 2.63. The van der Waals surface area contributed by atoms with Gasteiger partial charge in [0.2, 0.25) is 0 Å². The molecule has 0 spiro atoms. The predicted molar refractivity (Wildman–Crippen MR) is 71.4 cm³/mol. The summed E-state index contributed by atoms with van der Waals surface area (Å²) in [5.74, 6) is -0.0953. The number of nitrogen functional groups attached to an aromatic ring is 1. The molecule has 17 heavy (non-hydrogen) atoms. The van der Waals surface area contributed by atoms with Crippen LogP contribution in [-0.4, -0.2) is 25.7 Å². The summed E-state index contributed by atoms with van der Waals surface area (Å²) >= 11 is 1.40. The molecule has 0 radical (unpaired) electrons. The molecule has 1 aromatic heterocycles. The van der Waals surface area contributed by atoms with E-state index in [2.05, 4.69) is 11.9 Å². The molecule has 3 N–H and O–H groups in total. The third-order valence-electron chi connectivity index (χ3n) is 2.18. The SMILES string of the molecule is C=CCCOCCNC(=O)c1cc(N)c(C)s1. The van der Waals surface area contributed by atoms with Gasteiger partial charge < -0.3 is 15.8 Å². The van der Waals surface area contributed by atoms with Crippen LogP contribution in [0.4, 0.5) is 5.69 Å². The first kappa shape index (κ1) is 13.7. The molecule has 0 saturated carbocycles. The number of rotatable bonds is 7. The lowest BCUT2D eigenvalue weighted by Crippen LogP contribution is -2.26. The Kier molecular flexibility index (Phi) is 5.72. The zero-order valence-corrected chi connectivity index (χ0v) is 10.8. The second-order valence-electron chi connectivity index (χ2n) is 3.57. The highest BCUT2D eigenvalue weighted by atomic mass is 32.1. The number of nitrogens with one attached hydrogen (secondary N) is 1. The number of carbonyl (C=O) groups is 1. The van der Waals surface area contributed by atoms with E-state index < -0.39 is 0 Å². The van der Waals surface area contributed by atoms with Gasteiger partial charge in [-0.15, -0.1) is 17.9 Å². The highest BCUT2D eigenvalue weighted by molar-refractivity contribution is 7.14. The fourth-order valence-electron chi connectivity index (χ4n) is 1.20. The molecule has 0 aliphatic rings. The number of hydrogen-bond acceptors (Lipinski definition) is 4. The molecule has 1 aromatic rings. The van der Waals surface area contributed by atoms with Crippen molar-refractivity contribution in [3.05, 3.63) is 28.5 Å². The Labute approximate surface area is 105 Å². The van der Waals surface area contributed by atoms with Crippen LogP contribution in [-0.2, 0) is 4.74 Å². The summed E-state index contributed by atoms with van der Waals surface area (Å²) < 4.78 is 5.28. The standard InChI is InChI=1S/C12H18N2O2S/c1-3-4-6-16-7-5-14-12(15)11-8-10(13)9(2)17-11/h3,8H,1,4-7,13H2,2H3,(H,14,15). The third-order valence-corrected chi connectivity index (χ3v) is 3.24. The Morgan fingerprint density at radius 3 is 3.00 bits per heavy atom. The van der Waals surface area contributed by atoms with Gasteiger partial charge in [-0.25, -0.2) is 0 Å². The number of nitrogens with two attached hydrogens (primary N) is 1. The lowest BCUT2D eigenvalue weighted by molar-refractivity contribution is 0.0922. The van der Waals surface area contributed by atoms with E-state index in [1.807, 2.05) is 6.92 Å².